The molecule has 0 spiro atoms. The van der Waals surface area contributed by atoms with Gasteiger partial charge in [-0.05, 0) is 29.8 Å². The molecule has 24 heavy (non-hydrogen) atoms. The lowest BCUT2D eigenvalue weighted by atomic mass is 10.2. The minimum absolute atomic E-state index is 0.127. The molecule has 122 valence electrons. The summed E-state index contributed by atoms with van der Waals surface area (Å²) < 4.78 is 0. The molecule has 2 aromatic carbocycles. The summed E-state index contributed by atoms with van der Waals surface area (Å²) in [4.78, 5) is 33.5. The topological polar surface area (TPSA) is 101 Å². The highest BCUT2D eigenvalue weighted by Crippen LogP contribution is 2.16. The van der Waals surface area contributed by atoms with Gasteiger partial charge in [-0.15, -0.1) is 0 Å². The van der Waals surface area contributed by atoms with Gasteiger partial charge >= 0.3 is 0 Å². The Bertz CT molecular complexity index is 803. The van der Waals surface area contributed by atoms with E-state index in [2.05, 4.69) is 10.9 Å². The average Bonchev–Trinajstić information content (AvgIpc) is 2.59. The SMILES string of the molecule is O=C(/C=C/c1ccccc1Cl)NNC(=O)c1ccc([N+](=O)[O-])cc1. The standard InChI is InChI=1S/C16H12ClN3O4/c17-14-4-2-1-3-11(14)7-10-15(21)18-19-16(22)12-5-8-13(9-6-12)20(23)24/h1-10H,(H,18,21)(H,19,22)/b10-7+. The predicted octanol–water partition coefficient (Wildman–Crippen LogP) is 2.72. The number of nitrogens with zero attached hydrogens (tertiary/aromatic N) is 1. The molecule has 0 fully saturated rings. The maximum Gasteiger partial charge on any atom is 0.269 e. The first kappa shape index (κ1) is 17.2. The summed E-state index contributed by atoms with van der Waals surface area (Å²) in [5.74, 6) is -1.14. The number of carbonyl (C=O) groups is 2. The number of hydrogen-bond acceptors (Lipinski definition) is 4. The average molecular weight is 346 g/mol. The van der Waals surface area contributed by atoms with Gasteiger partial charge in [-0.3, -0.25) is 30.6 Å². The second-order valence-corrected chi connectivity index (χ2v) is 5.01. The summed E-state index contributed by atoms with van der Waals surface area (Å²) in [6.45, 7) is 0. The van der Waals surface area contributed by atoms with Crippen LogP contribution in [0.25, 0.3) is 6.08 Å². The van der Waals surface area contributed by atoms with Crippen molar-refractivity contribution >= 4 is 35.2 Å². The molecule has 0 atom stereocenters. The Morgan fingerprint density at radius 3 is 2.33 bits per heavy atom. The lowest BCUT2D eigenvalue weighted by molar-refractivity contribution is -0.384. The fourth-order valence-electron chi connectivity index (χ4n) is 1.74. The molecule has 0 bridgehead atoms. The lowest BCUT2D eigenvalue weighted by Crippen LogP contribution is -2.40. The predicted molar refractivity (Wildman–Crippen MR) is 89.2 cm³/mol. The van der Waals surface area contributed by atoms with Crippen molar-refractivity contribution < 1.29 is 14.5 Å². The largest absolute Gasteiger partial charge is 0.269 e. The van der Waals surface area contributed by atoms with Crippen LogP contribution in [0.5, 0.6) is 0 Å². The smallest absolute Gasteiger partial charge is 0.268 e. The Balaban J connectivity index is 1.90. The zero-order valence-corrected chi connectivity index (χ0v) is 13.0. The van der Waals surface area contributed by atoms with Gasteiger partial charge in [0.15, 0.2) is 0 Å². The Hall–Kier alpha value is -3.19. The number of hydrazine groups is 1. The zero-order valence-electron chi connectivity index (χ0n) is 12.2. The fourth-order valence-corrected chi connectivity index (χ4v) is 1.94. The van der Waals surface area contributed by atoms with E-state index in [1.807, 2.05) is 0 Å². The first-order valence-electron chi connectivity index (χ1n) is 6.75. The van der Waals surface area contributed by atoms with Gasteiger partial charge < -0.3 is 0 Å². The number of non-ortho nitro benzene ring substituents is 1. The van der Waals surface area contributed by atoms with Gasteiger partial charge in [-0.2, -0.15) is 0 Å². The van der Waals surface area contributed by atoms with Gasteiger partial charge in [0, 0.05) is 28.8 Å². The number of rotatable bonds is 4. The van der Waals surface area contributed by atoms with Crippen LogP contribution >= 0.6 is 11.6 Å². The highest BCUT2D eigenvalue weighted by molar-refractivity contribution is 6.32. The third-order valence-corrected chi connectivity index (χ3v) is 3.30. The molecule has 7 nitrogen and oxygen atoms in total. The molecule has 0 aliphatic rings. The molecule has 0 unspecified atom stereocenters. The first-order chi connectivity index (χ1) is 11.5. The van der Waals surface area contributed by atoms with Crippen molar-refractivity contribution in [2.45, 2.75) is 0 Å². The van der Waals surface area contributed by atoms with E-state index in [1.54, 1.807) is 24.3 Å². The van der Waals surface area contributed by atoms with E-state index >= 15 is 0 Å². The molecule has 2 amide bonds. The van der Waals surface area contributed by atoms with Crippen LogP contribution in [0.2, 0.25) is 5.02 Å². The van der Waals surface area contributed by atoms with Crippen molar-refractivity contribution in [3.63, 3.8) is 0 Å². The van der Waals surface area contributed by atoms with E-state index < -0.39 is 16.7 Å². The van der Waals surface area contributed by atoms with Gasteiger partial charge in [-0.1, -0.05) is 29.8 Å². The van der Waals surface area contributed by atoms with Gasteiger partial charge in [0.05, 0.1) is 4.92 Å². The Labute approximate surface area is 142 Å². The van der Waals surface area contributed by atoms with E-state index in [1.165, 1.54) is 36.4 Å². The van der Waals surface area contributed by atoms with E-state index in [9.17, 15) is 19.7 Å². The molecule has 0 saturated carbocycles. The Morgan fingerprint density at radius 2 is 1.71 bits per heavy atom. The monoisotopic (exact) mass is 345 g/mol. The van der Waals surface area contributed by atoms with E-state index in [4.69, 9.17) is 11.6 Å². The molecule has 2 N–H and O–H groups in total. The summed E-state index contributed by atoms with van der Waals surface area (Å²) in [6, 6.07) is 12.0. The third-order valence-electron chi connectivity index (χ3n) is 2.96. The van der Waals surface area contributed by atoms with Gasteiger partial charge in [-0.25, -0.2) is 0 Å². The normalized spacial score (nSPS) is 10.4. The van der Waals surface area contributed by atoms with Crippen molar-refractivity contribution in [1.29, 1.82) is 0 Å². The van der Waals surface area contributed by atoms with Gasteiger partial charge in [0.1, 0.15) is 0 Å². The number of halogens is 1. The summed E-state index contributed by atoms with van der Waals surface area (Å²) in [5, 5.41) is 11.0. The third kappa shape index (κ3) is 4.65. The van der Waals surface area contributed by atoms with Gasteiger partial charge in [0.2, 0.25) is 0 Å². The van der Waals surface area contributed by atoms with Crippen LogP contribution in [0.4, 0.5) is 5.69 Å². The second kappa shape index (κ2) is 7.89. The molecule has 0 heterocycles. The lowest BCUT2D eigenvalue weighted by Gasteiger charge is -2.05. The van der Waals surface area contributed by atoms with E-state index in [0.29, 0.717) is 10.6 Å². The Morgan fingerprint density at radius 1 is 1.04 bits per heavy atom. The van der Waals surface area contributed by atoms with Crippen molar-refractivity contribution in [1.82, 2.24) is 10.9 Å². The summed E-state index contributed by atoms with van der Waals surface area (Å²) in [7, 11) is 0. The maximum atomic E-state index is 11.8. The first-order valence-corrected chi connectivity index (χ1v) is 7.12. The fraction of sp³-hybridized carbons (Fsp3) is 0. The number of nitro benzene ring substituents is 1. The van der Waals surface area contributed by atoms with Crippen LogP contribution in [0, 0.1) is 10.1 Å². The number of nitrogens with one attached hydrogen (secondary N) is 2. The summed E-state index contributed by atoms with van der Waals surface area (Å²) in [5.41, 5.74) is 5.12. The summed E-state index contributed by atoms with van der Waals surface area (Å²) >= 11 is 5.95. The quantitative estimate of drug-likeness (QED) is 0.505. The molecule has 0 saturated heterocycles. The molecule has 0 aromatic heterocycles. The van der Waals surface area contributed by atoms with Gasteiger partial charge in [0.25, 0.3) is 17.5 Å². The van der Waals surface area contributed by atoms with E-state index in [0.717, 1.165) is 0 Å². The highest BCUT2D eigenvalue weighted by atomic mass is 35.5. The highest BCUT2D eigenvalue weighted by Gasteiger charge is 2.09. The van der Waals surface area contributed by atoms with Crippen molar-refractivity contribution in [2.75, 3.05) is 0 Å². The minimum Gasteiger partial charge on any atom is -0.268 e. The maximum absolute atomic E-state index is 11.8. The van der Waals surface area contributed by atoms with Crippen LogP contribution in [0.1, 0.15) is 15.9 Å². The van der Waals surface area contributed by atoms with Crippen LogP contribution < -0.4 is 10.9 Å². The van der Waals surface area contributed by atoms with Crippen LogP contribution in [0.15, 0.2) is 54.6 Å². The van der Waals surface area contributed by atoms with Crippen LogP contribution in [-0.4, -0.2) is 16.7 Å². The van der Waals surface area contributed by atoms with Crippen LogP contribution in [-0.2, 0) is 4.79 Å². The van der Waals surface area contributed by atoms with Crippen molar-refractivity contribution in [3.05, 3.63) is 80.9 Å². The zero-order chi connectivity index (χ0) is 17.5. The molecular formula is C16H12ClN3O4. The van der Waals surface area contributed by atoms with Crippen LogP contribution in [0.3, 0.4) is 0 Å². The molecule has 2 aromatic rings. The molecule has 0 radical (unpaired) electrons. The molecule has 0 aliphatic carbocycles. The minimum atomic E-state index is -0.593. The number of nitro groups is 1. The number of carbonyl (C=O) groups excluding carboxylic acids is 2. The van der Waals surface area contributed by atoms with Crippen molar-refractivity contribution in [2.24, 2.45) is 0 Å². The molecule has 8 heteroatoms. The molecule has 0 aliphatic heterocycles. The summed E-state index contributed by atoms with van der Waals surface area (Å²) in [6.07, 6.45) is 2.73. The van der Waals surface area contributed by atoms with Crippen molar-refractivity contribution in [3.8, 4) is 0 Å². The Kier molecular flexibility index (Phi) is 5.64. The number of amides is 2. The molecular weight excluding hydrogens is 334 g/mol. The van der Waals surface area contributed by atoms with E-state index in [-0.39, 0.29) is 11.3 Å². The number of hydrogen-bond donors (Lipinski definition) is 2. The molecule has 2 rings (SSSR count). The second-order valence-electron chi connectivity index (χ2n) is 4.60. The number of benzene rings is 2.